The monoisotopic (exact) mass is 359 g/mol. The van der Waals surface area contributed by atoms with Crippen LogP contribution in [0.15, 0.2) is 18.6 Å². The highest BCUT2D eigenvalue weighted by atomic mass is 16.5. The summed E-state index contributed by atoms with van der Waals surface area (Å²) in [5, 5.41) is 8.81. The summed E-state index contributed by atoms with van der Waals surface area (Å²) in [7, 11) is 1.86. The molecule has 0 radical (unpaired) electrons. The lowest BCUT2D eigenvalue weighted by atomic mass is 9.94. The molecule has 8 heteroatoms. The molecule has 4 rings (SSSR count). The molecule has 8 nitrogen and oxygen atoms in total. The van der Waals surface area contributed by atoms with Crippen LogP contribution in [-0.4, -0.2) is 68.9 Å². The molecule has 2 saturated heterocycles. The molecule has 0 aromatic carbocycles. The second-order valence-electron chi connectivity index (χ2n) is 7.06. The molecule has 1 atom stereocenters. The lowest BCUT2D eigenvalue weighted by Crippen LogP contribution is -2.57. The maximum Gasteiger partial charge on any atom is 0.257 e. The quantitative estimate of drug-likeness (QED) is 0.826. The SMILES string of the molecule is CCn1cc(C(=O)N2CCOC3(CCCOC3)C2)c(-c2cnn(C)c2)n1. The highest BCUT2D eigenvalue weighted by molar-refractivity contribution is 5.99. The Morgan fingerprint density at radius 3 is 2.92 bits per heavy atom. The fourth-order valence-corrected chi connectivity index (χ4v) is 3.75. The maximum atomic E-state index is 13.3. The third-order valence-corrected chi connectivity index (χ3v) is 5.12. The molecule has 2 aromatic heterocycles. The number of ether oxygens (including phenoxy) is 2. The second kappa shape index (κ2) is 6.85. The van der Waals surface area contributed by atoms with Gasteiger partial charge in [0.25, 0.3) is 5.91 Å². The van der Waals surface area contributed by atoms with E-state index >= 15 is 0 Å². The summed E-state index contributed by atoms with van der Waals surface area (Å²) in [6.07, 6.45) is 7.37. The van der Waals surface area contributed by atoms with Gasteiger partial charge >= 0.3 is 0 Å². The third kappa shape index (κ3) is 3.14. The molecule has 26 heavy (non-hydrogen) atoms. The highest BCUT2D eigenvalue weighted by Gasteiger charge is 2.40. The lowest BCUT2D eigenvalue weighted by molar-refractivity contribution is -0.160. The maximum absolute atomic E-state index is 13.3. The van der Waals surface area contributed by atoms with Gasteiger partial charge in [0.15, 0.2) is 0 Å². The highest BCUT2D eigenvalue weighted by Crippen LogP contribution is 2.30. The zero-order valence-corrected chi connectivity index (χ0v) is 15.3. The standard InChI is InChI=1S/C18H25N5O3/c1-3-23-11-15(16(20-23)14-9-19-21(2)10-14)17(24)22-6-8-26-18(12-22)5-4-7-25-13-18/h9-11H,3-8,12-13H2,1-2H3. The summed E-state index contributed by atoms with van der Waals surface area (Å²) in [6.45, 7) is 5.74. The first-order valence-electron chi connectivity index (χ1n) is 9.18. The topological polar surface area (TPSA) is 74.4 Å². The number of aromatic nitrogens is 4. The van der Waals surface area contributed by atoms with Crippen molar-refractivity contribution in [3.8, 4) is 11.3 Å². The average molecular weight is 359 g/mol. The smallest absolute Gasteiger partial charge is 0.257 e. The molecule has 0 saturated carbocycles. The van der Waals surface area contributed by atoms with Crippen LogP contribution in [0.1, 0.15) is 30.1 Å². The number of nitrogens with zero attached hydrogens (tertiary/aromatic N) is 5. The van der Waals surface area contributed by atoms with E-state index in [1.54, 1.807) is 15.6 Å². The van der Waals surface area contributed by atoms with Gasteiger partial charge in [-0.15, -0.1) is 0 Å². The van der Waals surface area contributed by atoms with Crippen molar-refractivity contribution >= 4 is 5.91 Å². The number of aryl methyl sites for hydroxylation is 2. The van der Waals surface area contributed by atoms with Crippen LogP contribution in [-0.2, 0) is 23.1 Å². The van der Waals surface area contributed by atoms with Crippen LogP contribution in [0.5, 0.6) is 0 Å². The van der Waals surface area contributed by atoms with Crippen LogP contribution in [0.4, 0.5) is 0 Å². The van der Waals surface area contributed by atoms with Crippen LogP contribution in [0, 0.1) is 0 Å². The Morgan fingerprint density at radius 2 is 2.23 bits per heavy atom. The average Bonchev–Trinajstić information content (AvgIpc) is 3.27. The summed E-state index contributed by atoms with van der Waals surface area (Å²) in [5.41, 5.74) is 1.80. The minimum Gasteiger partial charge on any atom is -0.378 e. The van der Waals surface area contributed by atoms with Gasteiger partial charge < -0.3 is 14.4 Å². The molecule has 1 spiro atoms. The van der Waals surface area contributed by atoms with E-state index in [1.165, 1.54) is 0 Å². The van der Waals surface area contributed by atoms with E-state index in [1.807, 2.05) is 31.3 Å². The molecule has 0 aliphatic carbocycles. The van der Waals surface area contributed by atoms with Gasteiger partial charge in [0.2, 0.25) is 0 Å². The lowest BCUT2D eigenvalue weighted by Gasteiger charge is -2.44. The first kappa shape index (κ1) is 17.2. The molecular formula is C18H25N5O3. The van der Waals surface area contributed by atoms with Crippen molar-refractivity contribution in [3.05, 3.63) is 24.2 Å². The van der Waals surface area contributed by atoms with Crippen molar-refractivity contribution in [2.45, 2.75) is 31.9 Å². The van der Waals surface area contributed by atoms with Crippen molar-refractivity contribution in [2.75, 3.05) is 32.9 Å². The Hall–Kier alpha value is -2.19. The van der Waals surface area contributed by atoms with E-state index in [4.69, 9.17) is 9.47 Å². The van der Waals surface area contributed by atoms with Gasteiger partial charge in [0.05, 0.1) is 31.5 Å². The predicted molar refractivity (Wildman–Crippen MR) is 94.7 cm³/mol. The van der Waals surface area contributed by atoms with Crippen molar-refractivity contribution in [2.24, 2.45) is 7.05 Å². The Bertz CT molecular complexity index is 785. The molecule has 2 fully saturated rings. The first-order chi connectivity index (χ1) is 12.6. The number of carbonyl (C=O) groups is 1. The fourth-order valence-electron chi connectivity index (χ4n) is 3.75. The van der Waals surface area contributed by atoms with Crippen molar-refractivity contribution in [3.63, 3.8) is 0 Å². The molecular weight excluding hydrogens is 334 g/mol. The number of carbonyl (C=O) groups excluding carboxylic acids is 1. The van der Waals surface area contributed by atoms with Crippen molar-refractivity contribution < 1.29 is 14.3 Å². The summed E-state index contributed by atoms with van der Waals surface area (Å²) in [4.78, 5) is 15.2. The summed E-state index contributed by atoms with van der Waals surface area (Å²) >= 11 is 0. The van der Waals surface area contributed by atoms with E-state index in [0.717, 1.165) is 25.0 Å². The summed E-state index contributed by atoms with van der Waals surface area (Å²) in [6, 6.07) is 0. The number of morpholine rings is 1. The Kier molecular flexibility index (Phi) is 4.54. The number of hydrogen-bond donors (Lipinski definition) is 0. The van der Waals surface area contributed by atoms with Gasteiger partial charge in [-0.3, -0.25) is 14.2 Å². The van der Waals surface area contributed by atoms with Crippen molar-refractivity contribution in [1.29, 1.82) is 0 Å². The fraction of sp³-hybridized carbons (Fsp3) is 0.611. The van der Waals surface area contributed by atoms with E-state index < -0.39 is 0 Å². The molecule has 1 amide bonds. The minimum atomic E-state index is -0.360. The van der Waals surface area contributed by atoms with E-state index in [0.29, 0.717) is 44.1 Å². The van der Waals surface area contributed by atoms with Gasteiger partial charge in [0, 0.05) is 44.7 Å². The zero-order valence-electron chi connectivity index (χ0n) is 15.3. The van der Waals surface area contributed by atoms with E-state index in [-0.39, 0.29) is 11.5 Å². The summed E-state index contributed by atoms with van der Waals surface area (Å²) in [5.74, 6) is -0.00296. The molecule has 2 aromatic rings. The molecule has 140 valence electrons. The normalized spacial score (nSPS) is 23.5. The Morgan fingerprint density at radius 1 is 1.35 bits per heavy atom. The first-order valence-corrected chi connectivity index (χ1v) is 9.18. The molecule has 2 aliphatic heterocycles. The van der Waals surface area contributed by atoms with Gasteiger partial charge in [-0.25, -0.2) is 0 Å². The van der Waals surface area contributed by atoms with Gasteiger partial charge in [-0.05, 0) is 19.8 Å². The van der Waals surface area contributed by atoms with Crippen LogP contribution >= 0.6 is 0 Å². The number of rotatable bonds is 3. The minimum absolute atomic E-state index is 0.00296. The molecule has 1 unspecified atom stereocenters. The second-order valence-corrected chi connectivity index (χ2v) is 7.06. The van der Waals surface area contributed by atoms with Crippen LogP contribution in [0.3, 0.4) is 0 Å². The van der Waals surface area contributed by atoms with Gasteiger partial charge in [0.1, 0.15) is 11.3 Å². The van der Waals surface area contributed by atoms with E-state index in [9.17, 15) is 4.79 Å². The molecule has 0 bridgehead atoms. The Balaban J connectivity index is 1.62. The van der Waals surface area contributed by atoms with E-state index in [2.05, 4.69) is 10.2 Å². The van der Waals surface area contributed by atoms with Crippen LogP contribution in [0.25, 0.3) is 11.3 Å². The molecule has 0 N–H and O–H groups in total. The predicted octanol–water partition coefficient (Wildman–Crippen LogP) is 1.33. The van der Waals surface area contributed by atoms with Crippen LogP contribution < -0.4 is 0 Å². The molecule has 2 aliphatic rings. The van der Waals surface area contributed by atoms with Gasteiger partial charge in [-0.1, -0.05) is 0 Å². The van der Waals surface area contributed by atoms with Crippen LogP contribution in [0.2, 0.25) is 0 Å². The van der Waals surface area contributed by atoms with Crippen molar-refractivity contribution in [1.82, 2.24) is 24.5 Å². The number of hydrogen-bond acceptors (Lipinski definition) is 5. The summed E-state index contributed by atoms with van der Waals surface area (Å²) < 4.78 is 15.2. The van der Waals surface area contributed by atoms with Gasteiger partial charge in [-0.2, -0.15) is 10.2 Å². The largest absolute Gasteiger partial charge is 0.378 e. The zero-order chi connectivity index (χ0) is 18.1. The number of amides is 1. The Labute approximate surface area is 152 Å². The molecule has 4 heterocycles. The third-order valence-electron chi connectivity index (χ3n) is 5.12.